The third-order valence-corrected chi connectivity index (χ3v) is 3.80. The minimum absolute atomic E-state index is 0.0185. The quantitative estimate of drug-likeness (QED) is 0.796. The Balaban J connectivity index is 2.91. The van der Waals surface area contributed by atoms with Gasteiger partial charge in [0.25, 0.3) is 0 Å². The van der Waals surface area contributed by atoms with E-state index in [-0.39, 0.29) is 5.75 Å². The van der Waals surface area contributed by atoms with Crippen molar-refractivity contribution in [2.45, 2.75) is 0 Å². The van der Waals surface area contributed by atoms with Gasteiger partial charge < -0.3 is 5.11 Å². The summed E-state index contributed by atoms with van der Waals surface area (Å²) in [5.74, 6) is 0.0185. The van der Waals surface area contributed by atoms with Crippen LogP contribution in [0.25, 0.3) is 10.1 Å². The molecule has 1 heterocycles. The van der Waals surface area contributed by atoms with Crippen molar-refractivity contribution in [3.63, 3.8) is 0 Å². The van der Waals surface area contributed by atoms with Crippen LogP contribution in [0.5, 0.6) is 5.75 Å². The van der Waals surface area contributed by atoms with E-state index in [0.717, 1.165) is 10.1 Å². The van der Waals surface area contributed by atoms with Gasteiger partial charge in [-0.25, -0.2) is 0 Å². The monoisotopic (exact) mass is 256 g/mol. The first-order chi connectivity index (χ1) is 6.24. The molecule has 2 nitrogen and oxygen atoms in total. The van der Waals surface area contributed by atoms with Crippen LogP contribution in [0, 0.1) is 0 Å². The first-order valence-corrected chi connectivity index (χ1v) is 5.25. The Morgan fingerprint density at radius 2 is 2.31 bits per heavy atom. The Hall–Kier alpha value is -0.870. The summed E-state index contributed by atoms with van der Waals surface area (Å²) in [6.45, 7) is 0. The lowest BCUT2D eigenvalue weighted by molar-refractivity contribution is 0.112. The molecule has 2 aromatic rings. The third-order valence-electron chi connectivity index (χ3n) is 1.81. The lowest BCUT2D eigenvalue weighted by Crippen LogP contribution is -1.81. The molecule has 0 radical (unpaired) electrons. The first kappa shape index (κ1) is 8.72. The van der Waals surface area contributed by atoms with Crippen LogP contribution in [-0.4, -0.2) is 11.4 Å². The van der Waals surface area contributed by atoms with Gasteiger partial charge in [0.1, 0.15) is 5.75 Å². The van der Waals surface area contributed by atoms with Gasteiger partial charge in [0, 0.05) is 0 Å². The van der Waals surface area contributed by atoms with Crippen LogP contribution in [0.15, 0.2) is 22.0 Å². The molecule has 0 saturated carbocycles. The Bertz CT molecular complexity index is 476. The fourth-order valence-electron chi connectivity index (χ4n) is 1.17. The van der Waals surface area contributed by atoms with E-state index >= 15 is 0 Å². The fraction of sp³-hybridized carbons (Fsp3) is 0. The lowest BCUT2D eigenvalue weighted by Gasteiger charge is -2.01. The van der Waals surface area contributed by atoms with Gasteiger partial charge in [-0.15, -0.1) is 11.3 Å². The maximum Gasteiger partial charge on any atom is 0.153 e. The molecule has 2 rings (SSSR count). The summed E-state index contributed by atoms with van der Waals surface area (Å²) in [7, 11) is 0. The van der Waals surface area contributed by atoms with E-state index < -0.39 is 0 Å². The molecule has 0 unspecified atom stereocenters. The van der Waals surface area contributed by atoms with Gasteiger partial charge in [0.05, 0.1) is 14.7 Å². The van der Waals surface area contributed by atoms with Crippen LogP contribution in [0.4, 0.5) is 0 Å². The topological polar surface area (TPSA) is 37.3 Å². The van der Waals surface area contributed by atoms with E-state index in [1.807, 2.05) is 11.4 Å². The van der Waals surface area contributed by atoms with Crippen LogP contribution < -0.4 is 0 Å². The van der Waals surface area contributed by atoms with Gasteiger partial charge in [-0.1, -0.05) is 0 Å². The highest BCUT2D eigenvalue weighted by Crippen LogP contribution is 2.37. The standard InChI is InChI=1S/C9H5BrO2S/c10-7-8(12)6(4-11)3-5-1-2-13-9(5)7/h1-4,12H. The number of carbonyl (C=O) groups excluding carboxylic acids is 1. The minimum Gasteiger partial charge on any atom is -0.506 e. The number of fused-ring (bicyclic) bond motifs is 1. The van der Waals surface area contributed by atoms with Gasteiger partial charge in [-0.05, 0) is 38.8 Å². The molecule has 0 atom stereocenters. The number of benzene rings is 1. The van der Waals surface area contributed by atoms with E-state index in [1.165, 1.54) is 11.3 Å². The van der Waals surface area contributed by atoms with E-state index in [2.05, 4.69) is 15.9 Å². The van der Waals surface area contributed by atoms with Crippen molar-refractivity contribution in [3.8, 4) is 5.75 Å². The van der Waals surface area contributed by atoms with Crippen molar-refractivity contribution in [2.24, 2.45) is 0 Å². The second-order valence-corrected chi connectivity index (χ2v) is 4.29. The summed E-state index contributed by atoms with van der Waals surface area (Å²) >= 11 is 4.78. The molecule has 0 aliphatic heterocycles. The van der Waals surface area contributed by atoms with Crippen molar-refractivity contribution in [1.82, 2.24) is 0 Å². The highest BCUT2D eigenvalue weighted by molar-refractivity contribution is 9.10. The summed E-state index contributed by atoms with van der Waals surface area (Å²) in [6, 6.07) is 3.59. The Morgan fingerprint density at radius 1 is 1.54 bits per heavy atom. The molecule has 4 heteroatoms. The number of phenols is 1. The maximum atomic E-state index is 10.6. The average molecular weight is 257 g/mol. The van der Waals surface area contributed by atoms with Crippen LogP contribution >= 0.6 is 27.3 Å². The molecule has 0 spiro atoms. The van der Waals surface area contributed by atoms with Gasteiger partial charge in [0.2, 0.25) is 0 Å². The van der Waals surface area contributed by atoms with Crippen LogP contribution in [0.2, 0.25) is 0 Å². The largest absolute Gasteiger partial charge is 0.506 e. The summed E-state index contributed by atoms with van der Waals surface area (Å²) in [5.41, 5.74) is 0.317. The number of hydrogen-bond acceptors (Lipinski definition) is 3. The molecule has 13 heavy (non-hydrogen) atoms. The van der Waals surface area contributed by atoms with Crippen LogP contribution in [0.3, 0.4) is 0 Å². The third kappa shape index (κ3) is 1.26. The van der Waals surface area contributed by atoms with Crippen LogP contribution in [-0.2, 0) is 0 Å². The molecule has 0 saturated heterocycles. The van der Waals surface area contributed by atoms with E-state index in [4.69, 9.17) is 0 Å². The van der Waals surface area contributed by atoms with E-state index in [1.54, 1.807) is 6.07 Å². The number of phenolic OH excluding ortho intramolecular Hbond substituents is 1. The Kier molecular flexibility index (Phi) is 2.09. The summed E-state index contributed by atoms with van der Waals surface area (Å²) < 4.78 is 1.56. The summed E-state index contributed by atoms with van der Waals surface area (Å²) in [5, 5.41) is 12.4. The summed E-state index contributed by atoms with van der Waals surface area (Å²) in [4.78, 5) is 10.6. The SMILES string of the molecule is O=Cc1cc2ccsc2c(Br)c1O. The molecule has 0 fully saturated rings. The number of halogens is 1. The van der Waals surface area contributed by atoms with Crippen molar-refractivity contribution >= 4 is 43.6 Å². The predicted octanol–water partition coefficient (Wildman–Crippen LogP) is 3.18. The van der Waals surface area contributed by atoms with Gasteiger partial charge in [0.15, 0.2) is 6.29 Å². The zero-order valence-corrected chi connectivity index (χ0v) is 8.85. The van der Waals surface area contributed by atoms with Gasteiger partial charge >= 0.3 is 0 Å². The molecule has 0 bridgehead atoms. The van der Waals surface area contributed by atoms with Gasteiger partial charge in [-0.3, -0.25) is 4.79 Å². The highest BCUT2D eigenvalue weighted by Gasteiger charge is 2.10. The molecular formula is C9H5BrO2S. The highest BCUT2D eigenvalue weighted by atomic mass is 79.9. The maximum absolute atomic E-state index is 10.6. The van der Waals surface area contributed by atoms with Crippen LogP contribution in [0.1, 0.15) is 10.4 Å². The summed E-state index contributed by atoms with van der Waals surface area (Å²) in [6.07, 6.45) is 0.650. The molecular weight excluding hydrogens is 252 g/mol. The molecule has 0 aliphatic carbocycles. The molecule has 0 aliphatic rings. The lowest BCUT2D eigenvalue weighted by atomic mass is 10.1. The van der Waals surface area contributed by atoms with Crippen molar-refractivity contribution < 1.29 is 9.90 Å². The van der Waals surface area contributed by atoms with E-state index in [9.17, 15) is 9.90 Å². The average Bonchev–Trinajstić information content (AvgIpc) is 2.59. The number of thiophene rings is 1. The number of aldehydes is 1. The van der Waals surface area contributed by atoms with E-state index in [0.29, 0.717) is 16.3 Å². The molecule has 1 N–H and O–H groups in total. The molecule has 1 aromatic heterocycles. The number of hydrogen-bond donors (Lipinski definition) is 1. The zero-order valence-electron chi connectivity index (χ0n) is 6.45. The molecule has 1 aromatic carbocycles. The first-order valence-electron chi connectivity index (χ1n) is 3.58. The fourth-order valence-corrected chi connectivity index (χ4v) is 2.72. The normalized spacial score (nSPS) is 10.5. The number of carbonyl (C=O) groups is 1. The number of aromatic hydroxyl groups is 1. The van der Waals surface area contributed by atoms with Crippen molar-refractivity contribution in [1.29, 1.82) is 0 Å². The molecule has 66 valence electrons. The Labute approximate surface area is 86.9 Å². The zero-order chi connectivity index (χ0) is 9.42. The second kappa shape index (κ2) is 3.12. The minimum atomic E-state index is 0.0185. The van der Waals surface area contributed by atoms with Crippen molar-refractivity contribution in [2.75, 3.05) is 0 Å². The smallest absolute Gasteiger partial charge is 0.153 e. The number of rotatable bonds is 1. The Morgan fingerprint density at radius 3 is 3.00 bits per heavy atom. The second-order valence-electron chi connectivity index (χ2n) is 2.59. The van der Waals surface area contributed by atoms with Crippen molar-refractivity contribution in [3.05, 3.63) is 27.5 Å². The predicted molar refractivity (Wildman–Crippen MR) is 56.6 cm³/mol. The van der Waals surface area contributed by atoms with Gasteiger partial charge in [-0.2, -0.15) is 0 Å². The molecule has 0 amide bonds.